The molecule has 5 heteroatoms. The predicted octanol–water partition coefficient (Wildman–Crippen LogP) is 5.05. The van der Waals surface area contributed by atoms with Crippen LogP contribution in [0.1, 0.15) is 46.0 Å². The molecule has 0 aromatic heterocycles. The smallest absolute Gasteiger partial charge is 0.259 e. The molecule has 30 heavy (non-hydrogen) atoms. The van der Waals surface area contributed by atoms with Gasteiger partial charge in [-0.05, 0) is 36.2 Å². The number of rotatable bonds is 9. The zero-order valence-electron chi connectivity index (χ0n) is 17.1. The van der Waals surface area contributed by atoms with E-state index in [1.165, 1.54) is 0 Å². The van der Waals surface area contributed by atoms with Crippen molar-refractivity contribution in [3.63, 3.8) is 0 Å². The van der Waals surface area contributed by atoms with Gasteiger partial charge in [0.05, 0.1) is 16.8 Å². The third kappa shape index (κ3) is 5.70. The molecule has 0 saturated carbocycles. The molecule has 0 saturated heterocycles. The first-order valence-electron chi connectivity index (χ1n) is 10.1. The van der Waals surface area contributed by atoms with Gasteiger partial charge in [0.15, 0.2) is 0 Å². The Hall–Kier alpha value is -3.60. The van der Waals surface area contributed by atoms with Crippen molar-refractivity contribution in [3.8, 4) is 5.75 Å². The Morgan fingerprint density at radius 3 is 2.23 bits per heavy atom. The number of anilines is 1. The molecule has 0 aliphatic rings. The molecule has 154 valence electrons. The monoisotopic (exact) mass is 402 g/mol. The van der Waals surface area contributed by atoms with Gasteiger partial charge in [-0.1, -0.05) is 67.9 Å². The number of para-hydroxylation sites is 2. The Labute approximate surface area is 177 Å². The van der Waals surface area contributed by atoms with Crippen LogP contribution in [-0.4, -0.2) is 18.4 Å². The van der Waals surface area contributed by atoms with Crippen molar-refractivity contribution in [2.75, 3.05) is 11.9 Å². The fourth-order valence-electron chi connectivity index (χ4n) is 2.97. The van der Waals surface area contributed by atoms with Gasteiger partial charge in [0.1, 0.15) is 12.4 Å². The molecular formula is C25H26N2O3. The van der Waals surface area contributed by atoms with E-state index in [1.54, 1.807) is 42.5 Å². The maximum Gasteiger partial charge on any atom is 0.259 e. The molecular weight excluding hydrogens is 376 g/mol. The summed E-state index contributed by atoms with van der Waals surface area (Å²) in [5.41, 5.74) is 2.33. The molecule has 0 spiro atoms. The number of carbonyl (C=O) groups is 2. The fraction of sp³-hybridized carbons (Fsp3) is 0.200. The van der Waals surface area contributed by atoms with Crippen LogP contribution in [0.15, 0.2) is 78.9 Å². The summed E-state index contributed by atoms with van der Waals surface area (Å²) in [6.45, 7) is 3.03. The van der Waals surface area contributed by atoms with Crippen molar-refractivity contribution in [2.45, 2.75) is 26.4 Å². The molecule has 0 radical (unpaired) electrons. The van der Waals surface area contributed by atoms with Gasteiger partial charge in [-0.2, -0.15) is 0 Å². The van der Waals surface area contributed by atoms with Gasteiger partial charge in [0.25, 0.3) is 11.8 Å². The summed E-state index contributed by atoms with van der Waals surface area (Å²) in [6.07, 6.45) is 1.91. The molecule has 0 aliphatic heterocycles. The maximum atomic E-state index is 13.0. The number of amides is 2. The van der Waals surface area contributed by atoms with E-state index in [-0.39, 0.29) is 11.8 Å². The van der Waals surface area contributed by atoms with Crippen LogP contribution in [0, 0.1) is 0 Å². The van der Waals surface area contributed by atoms with Crippen LogP contribution in [0.3, 0.4) is 0 Å². The molecule has 0 atom stereocenters. The van der Waals surface area contributed by atoms with Gasteiger partial charge < -0.3 is 15.4 Å². The van der Waals surface area contributed by atoms with Crippen LogP contribution < -0.4 is 15.4 Å². The number of benzene rings is 3. The summed E-state index contributed by atoms with van der Waals surface area (Å²) in [4.78, 5) is 25.5. The highest BCUT2D eigenvalue weighted by Gasteiger charge is 2.16. The first-order chi connectivity index (χ1) is 14.7. The van der Waals surface area contributed by atoms with Gasteiger partial charge in [-0.25, -0.2) is 0 Å². The molecule has 0 aliphatic carbocycles. The van der Waals surface area contributed by atoms with Gasteiger partial charge in [0, 0.05) is 6.54 Å². The second-order valence-electron chi connectivity index (χ2n) is 6.88. The second kappa shape index (κ2) is 10.8. The minimum absolute atomic E-state index is 0.201. The first kappa shape index (κ1) is 21.1. The average molecular weight is 402 g/mol. The van der Waals surface area contributed by atoms with E-state index < -0.39 is 0 Å². The van der Waals surface area contributed by atoms with E-state index in [0.717, 1.165) is 18.4 Å². The van der Waals surface area contributed by atoms with Gasteiger partial charge in [0.2, 0.25) is 0 Å². The summed E-state index contributed by atoms with van der Waals surface area (Å²) < 4.78 is 5.89. The highest BCUT2D eigenvalue weighted by atomic mass is 16.5. The van der Waals surface area contributed by atoms with Crippen molar-refractivity contribution in [2.24, 2.45) is 0 Å². The number of hydrogen-bond acceptors (Lipinski definition) is 3. The van der Waals surface area contributed by atoms with Crippen LogP contribution in [-0.2, 0) is 6.61 Å². The van der Waals surface area contributed by atoms with E-state index >= 15 is 0 Å². The quantitative estimate of drug-likeness (QED) is 0.492. The zero-order chi connectivity index (χ0) is 21.2. The van der Waals surface area contributed by atoms with Gasteiger partial charge >= 0.3 is 0 Å². The number of carbonyl (C=O) groups excluding carboxylic acids is 2. The van der Waals surface area contributed by atoms with Crippen LogP contribution in [0.5, 0.6) is 5.75 Å². The van der Waals surface area contributed by atoms with Crippen LogP contribution in [0.25, 0.3) is 0 Å². The Bertz CT molecular complexity index is 986. The van der Waals surface area contributed by atoms with Crippen molar-refractivity contribution in [3.05, 3.63) is 95.6 Å². The van der Waals surface area contributed by atoms with E-state index in [4.69, 9.17) is 4.74 Å². The maximum absolute atomic E-state index is 13.0. The summed E-state index contributed by atoms with van der Waals surface area (Å²) >= 11 is 0. The lowest BCUT2D eigenvalue weighted by atomic mass is 10.1. The normalized spacial score (nSPS) is 10.3. The summed E-state index contributed by atoms with van der Waals surface area (Å²) in [5.74, 6) is -0.0378. The molecule has 0 bridgehead atoms. The molecule has 2 amide bonds. The third-order valence-electron chi connectivity index (χ3n) is 4.60. The lowest BCUT2D eigenvalue weighted by Crippen LogP contribution is -2.26. The highest BCUT2D eigenvalue weighted by molar-refractivity contribution is 6.10. The highest BCUT2D eigenvalue weighted by Crippen LogP contribution is 2.22. The minimum Gasteiger partial charge on any atom is -0.488 e. The molecule has 3 aromatic rings. The van der Waals surface area contributed by atoms with Crippen LogP contribution in [0.4, 0.5) is 5.69 Å². The molecule has 5 nitrogen and oxygen atoms in total. The van der Waals surface area contributed by atoms with Crippen molar-refractivity contribution in [1.82, 2.24) is 5.32 Å². The van der Waals surface area contributed by atoms with E-state index in [9.17, 15) is 9.59 Å². The molecule has 3 rings (SSSR count). The van der Waals surface area contributed by atoms with Crippen molar-refractivity contribution < 1.29 is 14.3 Å². The Balaban J connectivity index is 1.73. The minimum atomic E-state index is -0.326. The molecule has 3 aromatic carbocycles. The Morgan fingerprint density at radius 1 is 0.800 bits per heavy atom. The number of unbranched alkanes of at least 4 members (excludes halogenated alkanes) is 1. The average Bonchev–Trinajstić information content (AvgIpc) is 2.79. The van der Waals surface area contributed by atoms with E-state index in [0.29, 0.717) is 35.7 Å². The zero-order valence-corrected chi connectivity index (χ0v) is 17.1. The lowest BCUT2D eigenvalue weighted by Gasteiger charge is -2.14. The van der Waals surface area contributed by atoms with Gasteiger partial charge in [-0.15, -0.1) is 0 Å². The molecule has 0 unspecified atom stereocenters. The largest absolute Gasteiger partial charge is 0.488 e. The van der Waals surface area contributed by atoms with Crippen LogP contribution in [0.2, 0.25) is 0 Å². The first-order valence-corrected chi connectivity index (χ1v) is 10.1. The van der Waals surface area contributed by atoms with Crippen LogP contribution >= 0.6 is 0 Å². The SMILES string of the molecule is CCCCNC(=O)c1ccccc1NC(=O)c1ccccc1OCc1ccccc1. The third-order valence-corrected chi connectivity index (χ3v) is 4.60. The molecule has 2 N–H and O–H groups in total. The number of nitrogens with one attached hydrogen (secondary N) is 2. The molecule has 0 heterocycles. The van der Waals surface area contributed by atoms with E-state index in [1.807, 2.05) is 36.4 Å². The summed E-state index contributed by atoms with van der Waals surface area (Å²) in [7, 11) is 0. The van der Waals surface area contributed by atoms with Crippen molar-refractivity contribution in [1.29, 1.82) is 0 Å². The number of ether oxygens (including phenoxy) is 1. The Kier molecular flexibility index (Phi) is 7.61. The number of hydrogen-bond donors (Lipinski definition) is 2. The fourth-order valence-corrected chi connectivity index (χ4v) is 2.97. The van der Waals surface area contributed by atoms with E-state index in [2.05, 4.69) is 17.6 Å². The second-order valence-corrected chi connectivity index (χ2v) is 6.88. The lowest BCUT2D eigenvalue weighted by molar-refractivity contribution is 0.0954. The topological polar surface area (TPSA) is 67.4 Å². The molecule has 0 fully saturated rings. The standard InChI is InChI=1S/C25H26N2O3/c1-2-3-17-26-24(28)20-13-7-9-15-22(20)27-25(29)21-14-8-10-16-23(21)30-18-19-11-5-4-6-12-19/h4-16H,2-3,17-18H2,1H3,(H,26,28)(H,27,29). The predicted molar refractivity (Wildman–Crippen MR) is 119 cm³/mol. The Morgan fingerprint density at radius 2 is 1.47 bits per heavy atom. The summed E-state index contributed by atoms with van der Waals surface area (Å²) in [5, 5.41) is 5.75. The summed E-state index contributed by atoms with van der Waals surface area (Å²) in [6, 6.07) is 23.8. The van der Waals surface area contributed by atoms with Gasteiger partial charge in [-0.3, -0.25) is 9.59 Å². The van der Waals surface area contributed by atoms with Crippen molar-refractivity contribution >= 4 is 17.5 Å².